The van der Waals surface area contributed by atoms with Crippen LogP contribution >= 0.6 is 15.9 Å². The zero-order chi connectivity index (χ0) is 10.1. The second-order valence-corrected chi connectivity index (χ2v) is 3.53. The standard InChI is InChI=1S/C7H7BrN6/c8-4-2-11-14(3-4)6-1-5(9)12-7(10)13-6/h1-3H,(H4,9,10,12,13). The molecule has 0 saturated carbocycles. The lowest BCUT2D eigenvalue weighted by molar-refractivity contribution is 0.843. The summed E-state index contributed by atoms with van der Waals surface area (Å²) < 4.78 is 2.41. The van der Waals surface area contributed by atoms with Gasteiger partial charge in [0.1, 0.15) is 5.82 Å². The third-order valence-corrected chi connectivity index (χ3v) is 1.95. The molecule has 14 heavy (non-hydrogen) atoms. The molecule has 7 heteroatoms. The Morgan fingerprint density at radius 3 is 2.64 bits per heavy atom. The van der Waals surface area contributed by atoms with Crippen LogP contribution in [0.1, 0.15) is 0 Å². The maximum Gasteiger partial charge on any atom is 0.224 e. The van der Waals surface area contributed by atoms with Crippen LogP contribution in [-0.2, 0) is 0 Å². The van der Waals surface area contributed by atoms with Gasteiger partial charge in [-0.1, -0.05) is 0 Å². The third kappa shape index (κ3) is 1.67. The zero-order valence-corrected chi connectivity index (χ0v) is 8.64. The van der Waals surface area contributed by atoms with E-state index < -0.39 is 0 Å². The van der Waals surface area contributed by atoms with Crippen molar-refractivity contribution in [2.75, 3.05) is 11.5 Å². The third-order valence-electron chi connectivity index (χ3n) is 1.54. The van der Waals surface area contributed by atoms with E-state index >= 15 is 0 Å². The van der Waals surface area contributed by atoms with Gasteiger partial charge in [-0.3, -0.25) is 0 Å². The van der Waals surface area contributed by atoms with Crippen LogP contribution in [0.4, 0.5) is 11.8 Å². The van der Waals surface area contributed by atoms with Gasteiger partial charge < -0.3 is 11.5 Å². The minimum absolute atomic E-state index is 0.131. The topological polar surface area (TPSA) is 95.6 Å². The van der Waals surface area contributed by atoms with Gasteiger partial charge in [0.2, 0.25) is 5.95 Å². The fraction of sp³-hybridized carbons (Fsp3) is 0. The highest BCUT2D eigenvalue weighted by molar-refractivity contribution is 9.10. The molecule has 0 radical (unpaired) electrons. The molecule has 0 spiro atoms. The van der Waals surface area contributed by atoms with E-state index in [1.54, 1.807) is 23.1 Å². The van der Waals surface area contributed by atoms with Gasteiger partial charge >= 0.3 is 0 Å². The summed E-state index contributed by atoms with van der Waals surface area (Å²) in [5.74, 6) is 0.992. The van der Waals surface area contributed by atoms with Crippen molar-refractivity contribution in [2.45, 2.75) is 0 Å². The predicted molar refractivity (Wildman–Crippen MR) is 55.7 cm³/mol. The number of hydrogen-bond donors (Lipinski definition) is 2. The van der Waals surface area contributed by atoms with Gasteiger partial charge in [-0.15, -0.1) is 0 Å². The van der Waals surface area contributed by atoms with Gasteiger partial charge in [0.25, 0.3) is 0 Å². The van der Waals surface area contributed by atoms with Crippen molar-refractivity contribution in [1.82, 2.24) is 19.7 Å². The van der Waals surface area contributed by atoms with E-state index in [-0.39, 0.29) is 5.95 Å². The monoisotopic (exact) mass is 254 g/mol. The molecule has 0 fully saturated rings. The lowest BCUT2D eigenvalue weighted by Gasteiger charge is -2.01. The van der Waals surface area contributed by atoms with E-state index in [1.165, 1.54) is 0 Å². The summed E-state index contributed by atoms with van der Waals surface area (Å²) in [5.41, 5.74) is 11.0. The van der Waals surface area contributed by atoms with Crippen molar-refractivity contribution in [3.63, 3.8) is 0 Å². The minimum Gasteiger partial charge on any atom is -0.383 e. The molecule has 0 aliphatic heterocycles. The normalized spacial score (nSPS) is 10.4. The van der Waals surface area contributed by atoms with Crippen LogP contribution in [0.2, 0.25) is 0 Å². The Labute approximate surface area is 88.1 Å². The number of nitrogen functional groups attached to an aromatic ring is 2. The lowest BCUT2D eigenvalue weighted by atomic mass is 10.5. The molecule has 2 heterocycles. The fourth-order valence-corrected chi connectivity index (χ4v) is 1.30. The lowest BCUT2D eigenvalue weighted by Crippen LogP contribution is -2.05. The summed E-state index contributed by atoms with van der Waals surface area (Å²) in [5, 5.41) is 4.04. The highest BCUT2D eigenvalue weighted by atomic mass is 79.9. The van der Waals surface area contributed by atoms with Crippen molar-refractivity contribution in [2.24, 2.45) is 0 Å². The molecule has 0 aromatic carbocycles. The second kappa shape index (κ2) is 3.26. The molecular weight excluding hydrogens is 248 g/mol. The van der Waals surface area contributed by atoms with E-state index in [0.717, 1.165) is 4.47 Å². The quantitative estimate of drug-likeness (QED) is 0.777. The average Bonchev–Trinajstić information content (AvgIpc) is 2.50. The number of rotatable bonds is 1. The Hall–Kier alpha value is -1.63. The maximum atomic E-state index is 5.52. The maximum absolute atomic E-state index is 5.52. The Balaban J connectivity index is 2.51. The molecule has 0 bridgehead atoms. The number of anilines is 2. The van der Waals surface area contributed by atoms with Crippen LogP contribution in [0.5, 0.6) is 0 Å². The first kappa shape index (κ1) is 8.95. The Kier molecular flexibility index (Phi) is 2.08. The van der Waals surface area contributed by atoms with Gasteiger partial charge in [0, 0.05) is 12.3 Å². The summed E-state index contributed by atoms with van der Waals surface area (Å²) >= 11 is 3.28. The van der Waals surface area contributed by atoms with Crippen LogP contribution in [0.3, 0.4) is 0 Å². The molecule has 0 saturated heterocycles. The van der Waals surface area contributed by atoms with Crippen molar-refractivity contribution >= 4 is 27.7 Å². The minimum atomic E-state index is 0.131. The molecular formula is C7H7BrN6. The predicted octanol–water partition coefficient (Wildman–Crippen LogP) is 0.589. The summed E-state index contributed by atoms with van der Waals surface area (Å²) in [7, 11) is 0. The van der Waals surface area contributed by atoms with Crippen molar-refractivity contribution in [1.29, 1.82) is 0 Å². The van der Waals surface area contributed by atoms with E-state index in [1.807, 2.05) is 0 Å². The molecule has 0 amide bonds. The summed E-state index contributed by atoms with van der Waals surface area (Å²) in [6.07, 6.45) is 3.40. The highest BCUT2D eigenvalue weighted by Crippen LogP contribution is 2.12. The van der Waals surface area contributed by atoms with Crippen molar-refractivity contribution < 1.29 is 0 Å². The van der Waals surface area contributed by atoms with Crippen LogP contribution in [-0.4, -0.2) is 19.7 Å². The molecule has 6 nitrogen and oxygen atoms in total. The number of nitrogens with zero attached hydrogens (tertiary/aromatic N) is 4. The number of halogens is 1. The number of nitrogens with two attached hydrogens (primary N) is 2. The van der Waals surface area contributed by atoms with Gasteiger partial charge in [-0.25, -0.2) is 4.68 Å². The summed E-state index contributed by atoms with van der Waals surface area (Å²) in [6, 6.07) is 1.59. The molecule has 0 unspecified atom stereocenters. The molecule has 4 N–H and O–H groups in total. The van der Waals surface area contributed by atoms with Crippen LogP contribution in [0.25, 0.3) is 5.82 Å². The van der Waals surface area contributed by atoms with E-state index in [4.69, 9.17) is 11.5 Å². The Bertz CT molecular complexity index is 445. The van der Waals surface area contributed by atoms with E-state index in [2.05, 4.69) is 31.0 Å². The SMILES string of the molecule is Nc1cc(-n2cc(Br)cn2)nc(N)n1. The number of hydrogen-bond acceptors (Lipinski definition) is 5. The fourth-order valence-electron chi connectivity index (χ4n) is 1.01. The smallest absolute Gasteiger partial charge is 0.224 e. The van der Waals surface area contributed by atoms with Crippen LogP contribution in [0.15, 0.2) is 22.9 Å². The Morgan fingerprint density at radius 1 is 1.29 bits per heavy atom. The van der Waals surface area contributed by atoms with Gasteiger partial charge in [0.15, 0.2) is 5.82 Å². The zero-order valence-electron chi connectivity index (χ0n) is 7.05. The van der Waals surface area contributed by atoms with Crippen molar-refractivity contribution in [3.05, 3.63) is 22.9 Å². The summed E-state index contributed by atoms with van der Waals surface area (Å²) in [6.45, 7) is 0. The van der Waals surface area contributed by atoms with Gasteiger partial charge in [-0.05, 0) is 15.9 Å². The average molecular weight is 255 g/mol. The molecule has 0 aliphatic rings. The highest BCUT2D eigenvalue weighted by Gasteiger charge is 2.03. The van der Waals surface area contributed by atoms with Crippen molar-refractivity contribution in [3.8, 4) is 5.82 Å². The van der Waals surface area contributed by atoms with Gasteiger partial charge in [-0.2, -0.15) is 15.1 Å². The second-order valence-electron chi connectivity index (χ2n) is 2.61. The van der Waals surface area contributed by atoms with E-state index in [0.29, 0.717) is 11.6 Å². The summed E-state index contributed by atoms with van der Waals surface area (Å²) in [4.78, 5) is 7.74. The van der Waals surface area contributed by atoms with E-state index in [9.17, 15) is 0 Å². The molecule has 0 atom stereocenters. The van der Waals surface area contributed by atoms with Gasteiger partial charge in [0.05, 0.1) is 10.7 Å². The van der Waals surface area contributed by atoms with Crippen LogP contribution in [0, 0.1) is 0 Å². The molecule has 2 rings (SSSR count). The first-order chi connectivity index (χ1) is 6.65. The largest absolute Gasteiger partial charge is 0.383 e. The number of aromatic nitrogens is 4. The first-order valence-corrected chi connectivity index (χ1v) is 4.55. The molecule has 0 aliphatic carbocycles. The molecule has 2 aromatic rings. The first-order valence-electron chi connectivity index (χ1n) is 3.76. The Morgan fingerprint density at radius 2 is 2.07 bits per heavy atom. The molecule has 2 aromatic heterocycles. The molecule has 72 valence electrons. The van der Waals surface area contributed by atoms with Crippen LogP contribution < -0.4 is 11.5 Å².